The molecule has 2 heterocycles. The quantitative estimate of drug-likeness (QED) is 0.901. The maximum absolute atomic E-state index is 12.2. The summed E-state index contributed by atoms with van der Waals surface area (Å²) in [7, 11) is -3.41. The molecule has 7 heteroatoms. The van der Waals surface area contributed by atoms with Gasteiger partial charge in [-0.05, 0) is 24.5 Å². The molecule has 0 unspecified atom stereocenters. The zero-order valence-electron chi connectivity index (χ0n) is 12.6. The maximum atomic E-state index is 12.2. The number of sulfonamides is 1. The van der Waals surface area contributed by atoms with Gasteiger partial charge in [0.25, 0.3) is 0 Å². The number of benzene rings is 1. The monoisotopic (exact) mass is 349 g/mol. The van der Waals surface area contributed by atoms with Gasteiger partial charge in [0, 0.05) is 36.1 Å². The number of nitrogens with one attached hydrogen (secondary N) is 1. The minimum Gasteiger partial charge on any atom is -0.348 e. The molecule has 3 rings (SSSR count). The minimum absolute atomic E-state index is 0.0170. The van der Waals surface area contributed by atoms with Crippen LogP contribution in [0, 0.1) is 0 Å². The summed E-state index contributed by atoms with van der Waals surface area (Å²) in [4.78, 5) is 6.50. The van der Waals surface area contributed by atoms with Gasteiger partial charge in [-0.15, -0.1) is 11.3 Å². The standard InChI is InChI=1S/C16H19N3O2S2/c20-23(21,13-8-14-4-2-1-3-5-14)18-15-6-10-19(11-7-15)16-17-9-12-22-16/h1-5,8-9,12-13,15,18H,6-7,10-11H2. The van der Waals surface area contributed by atoms with Gasteiger partial charge < -0.3 is 4.90 Å². The average molecular weight is 349 g/mol. The largest absolute Gasteiger partial charge is 0.348 e. The summed E-state index contributed by atoms with van der Waals surface area (Å²) >= 11 is 1.61. The molecule has 0 atom stereocenters. The van der Waals surface area contributed by atoms with Crippen LogP contribution >= 0.6 is 11.3 Å². The van der Waals surface area contributed by atoms with E-state index in [0.717, 1.165) is 36.6 Å². The molecule has 1 aliphatic rings. The first kappa shape index (κ1) is 16.2. The van der Waals surface area contributed by atoms with Gasteiger partial charge in [-0.2, -0.15) is 0 Å². The summed E-state index contributed by atoms with van der Waals surface area (Å²) in [6.07, 6.45) is 4.99. The lowest BCUT2D eigenvalue weighted by atomic mass is 10.1. The SMILES string of the molecule is O=S(=O)(C=Cc1ccccc1)NC1CCN(c2nccs2)CC1. The van der Waals surface area contributed by atoms with E-state index >= 15 is 0 Å². The first-order chi connectivity index (χ1) is 11.1. The Hall–Kier alpha value is -1.70. The highest BCUT2D eigenvalue weighted by Gasteiger charge is 2.23. The number of rotatable bonds is 5. The van der Waals surface area contributed by atoms with Crippen molar-refractivity contribution in [2.75, 3.05) is 18.0 Å². The van der Waals surface area contributed by atoms with E-state index in [0.29, 0.717) is 0 Å². The predicted octanol–water partition coefficient (Wildman–Crippen LogP) is 2.70. The Bertz CT molecular complexity index is 735. The van der Waals surface area contributed by atoms with Crippen LogP contribution in [0.15, 0.2) is 47.3 Å². The molecule has 0 radical (unpaired) electrons. The molecule has 0 spiro atoms. The molecule has 23 heavy (non-hydrogen) atoms. The topological polar surface area (TPSA) is 62.3 Å². The number of anilines is 1. The normalized spacial score (nSPS) is 17.0. The zero-order chi connectivity index (χ0) is 16.1. The third-order valence-electron chi connectivity index (χ3n) is 3.75. The molecule has 122 valence electrons. The van der Waals surface area contributed by atoms with Crippen molar-refractivity contribution in [3.63, 3.8) is 0 Å². The third kappa shape index (κ3) is 4.63. The summed E-state index contributed by atoms with van der Waals surface area (Å²) in [6.45, 7) is 1.65. The van der Waals surface area contributed by atoms with E-state index in [-0.39, 0.29) is 6.04 Å². The van der Waals surface area contributed by atoms with Crippen molar-refractivity contribution in [1.82, 2.24) is 9.71 Å². The Kier molecular flexibility index (Phi) is 5.09. The van der Waals surface area contributed by atoms with Gasteiger partial charge in [0.2, 0.25) is 10.0 Å². The van der Waals surface area contributed by atoms with Gasteiger partial charge in [-0.25, -0.2) is 18.1 Å². The number of piperidine rings is 1. The summed E-state index contributed by atoms with van der Waals surface area (Å²) in [5, 5.41) is 4.21. The van der Waals surface area contributed by atoms with Gasteiger partial charge in [0.1, 0.15) is 0 Å². The molecule has 0 aliphatic carbocycles. The first-order valence-electron chi connectivity index (χ1n) is 7.52. The van der Waals surface area contributed by atoms with Crippen LogP contribution in [0.2, 0.25) is 0 Å². The van der Waals surface area contributed by atoms with Gasteiger partial charge in [0.15, 0.2) is 5.13 Å². The molecular weight excluding hydrogens is 330 g/mol. The third-order valence-corrected chi connectivity index (χ3v) is 5.74. The van der Waals surface area contributed by atoms with E-state index in [1.165, 1.54) is 5.41 Å². The summed E-state index contributed by atoms with van der Waals surface area (Å²) in [5.74, 6) is 0. The number of hydrogen-bond acceptors (Lipinski definition) is 5. The fourth-order valence-corrected chi connectivity index (χ4v) is 4.38. The summed E-state index contributed by atoms with van der Waals surface area (Å²) in [5.41, 5.74) is 0.872. The lowest BCUT2D eigenvalue weighted by Gasteiger charge is -2.31. The van der Waals surface area contributed by atoms with Crippen molar-refractivity contribution < 1.29 is 8.42 Å². The fourth-order valence-electron chi connectivity index (χ4n) is 2.56. The Morgan fingerprint density at radius 1 is 1.22 bits per heavy atom. The van der Waals surface area contributed by atoms with Crippen molar-refractivity contribution in [3.8, 4) is 0 Å². The molecule has 5 nitrogen and oxygen atoms in total. The summed E-state index contributed by atoms with van der Waals surface area (Å²) in [6, 6.07) is 9.40. The number of hydrogen-bond donors (Lipinski definition) is 1. The Labute approximate surface area is 140 Å². The van der Waals surface area contributed by atoms with Crippen molar-refractivity contribution in [1.29, 1.82) is 0 Å². The van der Waals surface area contributed by atoms with E-state index in [1.807, 2.05) is 35.7 Å². The van der Waals surface area contributed by atoms with Crippen LogP contribution in [0.1, 0.15) is 18.4 Å². The first-order valence-corrected chi connectivity index (χ1v) is 9.95. The minimum atomic E-state index is -3.41. The summed E-state index contributed by atoms with van der Waals surface area (Å²) < 4.78 is 27.1. The lowest BCUT2D eigenvalue weighted by Crippen LogP contribution is -2.44. The second-order valence-corrected chi connectivity index (χ2v) is 7.92. The van der Waals surface area contributed by atoms with E-state index in [9.17, 15) is 8.42 Å². The van der Waals surface area contributed by atoms with E-state index in [4.69, 9.17) is 0 Å². The number of thiazole rings is 1. The highest BCUT2D eigenvalue weighted by Crippen LogP contribution is 2.22. The second-order valence-electron chi connectivity index (χ2n) is 5.45. The van der Waals surface area contributed by atoms with Crippen molar-refractivity contribution in [2.45, 2.75) is 18.9 Å². The van der Waals surface area contributed by atoms with E-state index in [2.05, 4.69) is 14.6 Å². The van der Waals surface area contributed by atoms with Crippen LogP contribution in [0.4, 0.5) is 5.13 Å². The molecular formula is C16H19N3O2S2. The van der Waals surface area contributed by atoms with Crippen LogP contribution in [0.3, 0.4) is 0 Å². The molecule has 1 fully saturated rings. The lowest BCUT2D eigenvalue weighted by molar-refractivity contribution is 0.462. The Balaban J connectivity index is 1.54. The molecule has 0 saturated carbocycles. The van der Waals surface area contributed by atoms with Crippen LogP contribution in [-0.4, -0.2) is 32.5 Å². The molecule has 1 aliphatic heterocycles. The molecule has 1 aromatic heterocycles. The van der Waals surface area contributed by atoms with Crippen molar-refractivity contribution in [3.05, 3.63) is 52.9 Å². The van der Waals surface area contributed by atoms with E-state index in [1.54, 1.807) is 23.6 Å². The van der Waals surface area contributed by atoms with Gasteiger partial charge >= 0.3 is 0 Å². The fraction of sp³-hybridized carbons (Fsp3) is 0.312. The smallest absolute Gasteiger partial charge is 0.233 e. The number of aromatic nitrogens is 1. The molecule has 2 aromatic rings. The second kappa shape index (κ2) is 7.25. The highest BCUT2D eigenvalue weighted by atomic mass is 32.2. The van der Waals surface area contributed by atoms with E-state index < -0.39 is 10.0 Å². The molecule has 1 N–H and O–H groups in total. The van der Waals surface area contributed by atoms with Crippen LogP contribution < -0.4 is 9.62 Å². The molecule has 0 amide bonds. The maximum Gasteiger partial charge on any atom is 0.233 e. The van der Waals surface area contributed by atoms with Crippen LogP contribution in [0.5, 0.6) is 0 Å². The average Bonchev–Trinajstić information content (AvgIpc) is 3.09. The Morgan fingerprint density at radius 3 is 2.61 bits per heavy atom. The molecule has 0 bridgehead atoms. The Morgan fingerprint density at radius 2 is 1.96 bits per heavy atom. The van der Waals surface area contributed by atoms with Crippen LogP contribution in [0.25, 0.3) is 6.08 Å². The number of nitrogens with zero attached hydrogens (tertiary/aromatic N) is 2. The van der Waals surface area contributed by atoms with Crippen LogP contribution in [-0.2, 0) is 10.0 Å². The van der Waals surface area contributed by atoms with Crippen molar-refractivity contribution in [2.24, 2.45) is 0 Å². The van der Waals surface area contributed by atoms with Gasteiger partial charge in [-0.3, -0.25) is 0 Å². The van der Waals surface area contributed by atoms with Gasteiger partial charge in [-0.1, -0.05) is 30.3 Å². The predicted molar refractivity (Wildman–Crippen MR) is 94.9 cm³/mol. The highest BCUT2D eigenvalue weighted by molar-refractivity contribution is 7.92. The zero-order valence-corrected chi connectivity index (χ0v) is 14.3. The molecule has 1 saturated heterocycles. The van der Waals surface area contributed by atoms with Gasteiger partial charge in [0.05, 0.1) is 0 Å². The molecule has 1 aromatic carbocycles. The van der Waals surface area contributed by atoms with Crippen molar-refractivity contribution >= 4 is 32.6 Å².